The van der Waals surface area contributed by atoms with E-state index in [0.717, 1.165) is 37.3 Å². The summed E-state index contributed by atoms with van der Waals surface area (Å²) in [6, 6.07) is 5.59. The second-order valence-corrected chi connectivity index (χ2v) is 6.67. The molecule has 4 rings (SSSR count). The van der Waals surface area contributed by atoms with Crippen LogP contribution in [0.1, 0.15) is 24.1 Å². The van der Waals surface area contributed by atoms with Crippen LogP contribution in [0, 0.1) is 6.92 Å². The third-order valence-corrected chi connectivity index (χ3v) is 4.74. The number of hydrogen-bond donors (Lipinski definition) is 1. The average molecular weight is 340 g/mol. The second-order valence-electron chi connectivity index (χ2n) is 6.67. The Morgan fingerprint density at radius 2 is 2.36 bits per heavy atom. The van der Waals surface area contributed by atoms with Gasteiger partial charge in [-0.3, -0.25) is 14.7 Å². The summed E-state index contributed by atoms with van der Waals surface area (Å²) in [6.07, 6.45) is 6.52. The van der Waals surface area contributed by atoms with Gasteiger partial charge < -0.3 is 14.6 Å². The molecule has 2 aromatic rings. The topological polar surface area (TPSA) is 80.0 Å². The lowest BCUT2D eigenvalue weighted by atomic mass is 9.96. The minimum atomic E-state index is -0.389. The van der Waals surface area contributed by atoms with E-state index in [2.05, 4.69) is 20.4 Å². The summed E-state index contributed by atoms with van der Waals surface area (Å²) in [4.78, 5) is 24.6. The number of nitrogens with zero attached hydrogens (tertiary/aromatic N) is 3. The number of aryl methyl sites for hydroxylation is 1. The summed E-state index contributed by atoms with van der Waals surface area (Å²) < 4.78 is 5.12. The number of carbonyl (C=O) groups excluding carboxylic acids is 1. The second kappa shape index (κ2) is 6.33. The van der Waals surface area contributed by atoms with Crippen LogP contribution in [-0.4, -0.2) is 40.2 Å². The molecule has 1 spiro atoms. The third-order valence-electron chi connectivity index (χ3n) is 4.74. The van der Waals surface area contributed by atoms with Gasteiger partial charge in [-0.05, 0) is 25.1 Å². The summed E-state index contributed by atoms with van der Waals surface area (Å²) in [7, 11) is 0. The van der Waals surface area contributed by atoms with Crippen LogP contribution in [0.3, 0.4) is 0 Å². The molecule has 1 fully saturated rings. The molecule has 4 heterocycles. The van der Waals surface area contributed by atoms with Gasteiger partial charge in [0.2, 0.25) is 0 Å². The molecule has 0 saturated carbocycles. The zero-order valence-electron chi connectivity index (χ0n) is 14.1. The monoisotopic (exact) mass is 340 g/mol. The van der Waals surface area contributed by atoms with Gasteiger partial charge >= 0.3 is 0 Å². The SMILES string of the molecule is Cc1ncccc1NC(=O)C1=NO[C@]2(CCN(Cc3ccoc3)C2)C1. The first-order valence-corrected chi connectivity index (χ1v) is 8.35. The first kappa shape index (κ1) is 15.8. The molecular weight excluding hydrogens is 320 g/mol. The molecule has 0 aromatic carbocycles. The number of carbonyl (C=O) groups is 1. The van der Waals surface area contributed by atoms with E-state index in [1.165, 1.54) is 0 Å². The van der Waals surface area contributed by atoms with Gasteiger partial charge in [-0.15, -0.1) is 0 Å². The van der Waals surface area contributed by atoms with Crippen LogP contribution in [0.25, 0.3) is 0 Å². The molecule has 0 radical (unpaired) electrons. The third kappa shape index (κ3) is 3.28. The van der Waals surface area contributed by atoms with Crippen molar-refractivity contribution in [2.75, 3.05) is 18.4 Å². The molecule has 2 aliphatic rings. The predicted octanol–water partition coefficient (Wildman–Crippen LogP) is 2.34. The highest BCUT2D eigenvalue weighted by atomic mass is 16.7. The lowest BCUT2D eigenvalue weighted by Crippen LogP contribution is -2.35. The summed E-state index contributed by atoms with van der Waals surface area (Å²) in [5, 5.41) is 6.94. The Balaban J connectivity index is 1.36. The van der Waals surface area contributed by atoms with Crippen molar-refractivity contribution in [2.45, 2.75) is 31.9 Å². The highest BCUT2D eigenvalue weighted by Gasteiger charge is 2.46. The zero-order valence-corrected chi connectivity index (χ0v) is 14.1. The number of nitrogens with one attached hydrogen (secondary N) is 1. The summed E-state index contributed by atoms with van der Waals surface area (Å²) in [5.74, 6) is -0.221. The quantitative estimate of drug-likeness (QED) is 0.924. The van der Waals surface area contributed by atoms with Crippen LogP contribution >= 0.6 is 0 Å². The zero-order chi connectivity index (χ0) is 17.3. The van der Waals surface area contributed by atoms with Crippen molar-refractivity contribution in [3.8, 4) is 0 Å². The predicted molar refractivity (Wildman–Crippen MR) is 92.1 cm³/mol. The summed E-state index contributed by atoms with van der Waals surface area (Å²) in [6.45, 7) is 4.34. The molecule has 130 valence electrons. The van der Waals surface area contributed by atoms with Gasteiger partial charge in [-0.25, -0.2) is 0 Å². The summed E-state index contributed by atoms with van der Waals surface area (Å²) in [5.41, 5.74) is 2.66. The Bertz CT molecular complexity index is 802. The number of likely N-dealkylation sites (tertiary alicyclic amines) is 1. The summed E-state index contributed by atoms with van der Waals surface area (Å²) >= 11 is 0. The van der Waals surface area contributed by atoms with E-state index >= 15 is 0 Å². The van der Waals surface area contributed by atoms with Crippen molar-refractivity contribution in [1.29, 1.82) is 0 Å². The Kier molecular flexibility index (Phi) is 4.01. The average Bonchev–Trinajstić information content (AvgIpc) is 3.33. The van der Waals surface area contributed by atoms with Gasteiger partial charge in [0.1, 0.15) is 5.71 Å². The van der Waals surface area contributed by atoms with Crippen molar-refractivity contribution in [3.63, 3.8) is 0 Å². The van der Waals surface area contributed by atoms with E-state index in [9.17, 15) is 4.79 Å². The molecule has 0 bridgehead atoms. The van der Waals surface area contributed by atoms with E-state index < -0.39 is 0 Å². The molecule has 0 unspecified atom stereocenters. The number of oxime groups is 1. The first-order chi connectivity index (χ1) is 12.1. The number of amides is 1. The van der Waals surface area contributed by atoms with Crippen molar-refractivity contribution < 1.29 is 14.0 Å². The van der Waals surface area contributed by atoms with Gasteiger partial charge in [0, 0.05) is 44.2 Å². The Hall–Kier alpha value is -2.67. The van der Waals surface area contributed by atoms with Gasteiger partial charge in [0.25, 0.3) is 5.91 Å². The standard InChI is InChI=1S/C18H20N4O3/c1-13-15(3-2-6-19-13)20-17(23)16-9-18(25-21-16)5-7-22(12-18)10-14-4-8-24-11-14/h2-4,6,8,11H,5,7,9-10,12H2,1H3,(H,20,23)/t18-/m1/s1. The van der Waals surface area contributed by atoms with Crippen LogP contribution in [0.2, 0.25) is 0 Å². The molecule has 7 heteroatoms. The molecule has 7 nitrogen and oxygen atoms in total. The Labute approximate surface area is 145 Å². The maximum atomic E-state index is 12.5. The number of rotatable bonds is 4. The molecule has 1 amide bonds. The van der Waals surface area contributed by atoms with Crippen LogP contribution in [0.5, 0.6) is 0 Å². The highest BCUT2D eigenvalue weighted by molar-refractivity contribution is 6.43. The Morgan fingerprint density at radius 3 is 3.16 bits per heavy atom. The molecular formula is C18H20N4O3. The molecule has 1 atom stereocenters. The normalized spacial score (nSPS) is 22.8. The maximum absolute atomic E-state index is 12.5. The fraction of sp³-hybridized carbons (Fsp3) is 0.389. The van der Waals surface area contributed by atoms with E-state index in [-0.39, 0.29) is 11.5 Å². The van der Waals surface area contributed by atoms with Crippen LogP contribution < -0.4 is 5.32 Å². The minimum absolute atomic E-state index is 0.221. The molecule has 1 saturated heterocycles. The lowest BCUT2D eigenvalue weighted by molar-refractivity contribution is -0.110. The fourth-order valence-electron chi connectivity index (χ4n) is 3.38. The number of furan rings is 1. The lowest BCUT2D eigenvalue weighted by Gasteiger charge is -2.21. The van der Waals surface area contributed by atoms with Gasteiger partial charge in [0.15, 0.2) is 5.60 Å². The van der Waals surface area contributed by atoms with Crippen molar-refractivity contribution in [1.82, 2.24) is 9.88 Å². The van der Waals surface area contributed by atoms with Crippen molar-refractivity contribution in [2.24, 2.45) is 5.16 Å². The molecule has 2 aromatic heterocycles. The van der Waals surface area contributed by atoms with Crippen LogP contribution in [-0.2, 0) is 16.2 Å². The minimum Gasteiger partial charge on any atom is -0.472 e. The molecule has 25 heavy (non-hydrogen) atoms. The maximum Gasteiger partial charge on any atom is 0.273 e. The Morgan fingerprint density at radius 1 is 1.44 bits per heavy atom. The number of anilines is 1. The molecule has 0 aliphatic carbocycles. The van der Waals surface area contributed by atoms with Crippen molar-refractivity contribution >= 4 is 17.3 Å². The fourth-order valence-corrected chi connectivity index (χ4v) is 3.38. The van der Waals surface area contributed by atoms with Crippen molar-refractivity contribution in [3.05, 3.63) is 48.2 Å². The van der Waals surface area contributed by atoms with Crippen LogP contribution in [0.15, 0.2) is 46.5 Å². The van der Waals surface area contributed by atoms with Gasteiger partial charge in [-0.2, -0.15) is 0 Å². The van der Waals surface area contributed by atoms with E-state index in [0.29, 0.717) is 17.8 Å². The number of hydrogen-bond acceptors (Lipinski definition) is 6. The largest absolute Gasteiger partial charge is 0.472 e. The smallest absolute Gasteiger partial charge is 0.273 e. The van der Waals surface area contributed by atoms with Crippen LogP contribution in [0.4, 0.5) is 5.69 Å². The highest BCUT2D eigenvalue weighted by Crippen LogP contribution is 2.34. The molecule has 1 N–H and O–H groups in total. The number of pyridine rings is 1. The first-order valence-electron chi connectivity index (χ1n) is 8.35. The van der Waals surface area contributed by atoms with Gasteiger partial charge in [-0.1, -0.05) is 5.16 Å². The molecule has 2 aliphatic heterocycles. The number of aromatic nitrogens is 1. The van der Waals surface area contributed by atoms with E-state index in [4.69, 9.17) is 9.25 Å². The van der Waals surface area contributed by atoms with Gasteiger partial charge in [0.05, 0.1) is 23.9 Å². The van der Waals surface area contributed by atoms with E-state index in [1.807, 2.05) is 19.1 Å². The van der Waals surface area contributed by atoms with E-state index in [1.54, 1.807) is 24.8 Å².